The maximum atomic E-state index is 11.8. The Balaban J connectivity index is 2.15. The van der Waals surface area contributed by atoms with Crippen molar-refractivity contribution in [3.63, 3.8) is 0 Å². The van der Waals surface area contributed by atoms with Crippen molar-refractivity contribution >= 4 is 0 Å². The molecule has 3 aromatic heterocycles. The zero-order chi connectivity index (χ0) is 13.9. The summed E-state index contributed by atoms with van der Waals surface area (Å²) in [5.74, 6) is 0.441. The van der Waals surface area contributed by atoms with E-state index in [0.29, 0.717) is 22.9 Å². The molecule has 3 heterocycles. The van der Waals surface area contributed by atoms with Gasteiger partial charge in [0.05, 0.1) is 11.4 Å². The Morgan fingerprint density at radius 1 is 0.950 bits per heavy atom. The quantitative estimate of drug-likeness (QED) is 0.770. The fraction of sp³-hybridized carbons (Fsp3) is 0.0667. The molecule has 98 valence electrons. The van der Waals surface area contributed by atoms with E-state index in [9.17, 15) is 4.79 Å². The standard InChI is InChI=1S/C15H12N4O/c1-10-5-7-17-12(8-10)13-9-14(20)19-15(18-13)11-4-2-3-6-16-11/h2-9H,1H3,(H,18,19,20). The number of aromatic nitrogens is 4. The van der Waals surface area contributed by atoms with E-state index in [2.05, 4.69) is 19.9 Å². The smallest absolute Gasteiger partial charge is 0.251 e. The van der Waals surface area contributed by atoms with Crippen LogP contribution in [0.3, 0.4) is 0 Å². The van der Waals surface area contributed by atoms with Gasteiger partial charge in [-0.2, -0.15) is 0 Å². The summed E-state index contributed by atoms with van der Waals surface area (Å²) in [6.45, 7) is 1.97. The molecular weight excluding hydrogens is 252 g/mol. The van der Waals surface area contributed by atoms with E-state index in [-0.39, 0.29) is 5.56 Å². The van der Waals surface area contributed by atoms with Crippen LogP contribution in [0.2, 0.25) is 0 Å². The molecule has 0 radical (unpaired) electrons. The van der Waals surface area contributed by atoms with Crippen LogP contribution in [0.4, 0.5) is 0 Å². The first-order chi connectivity index (χ1) is 9.72. The maximum Gasteiger partial charge on any atom is 0.251 e. The molecule has 0 atom stereocenters. The van der Waals surface area contributed by atoms with Gasteiger partial charge in [0.25, 0.3) is 5.56 Å². The molecule has 0 spiro atoms. The molecule has 0 bridgehead atoms. The largest absolute Gasteiger partial charge is 0.305 e. The molecular formula is C15H12N4O. The van der Waals surface area contributed by atoms with Gasteiger partial charge in [0.1, 0.15) is 5.69 Å². The normalized spacial score (nSPS) is 10.4. The third kappa shape index (κ3) is 2.47. The van der Waals surface area contributed by atoms with Crippen LogP contribution in [-0.4, -0.2) is 19.9 Å². The number of nitrogens with one attached hydrogen (secondary N) is 1. The first-order valence-corrected chi connectivity index (χ1v) is 6.18. The minimum atomic E-state index is -0.223. The van der Waals surface area contributed by atoms with Crippen LogP contribution in [-0.2, 0) is 0 Å². The van der Waals surface area contributed by atoms with Gasteiger partial charge < -0.3 is 4.98 Å². The predicted molar refractivity (Wildman–Crippen MR) is 76.1 cm³/mol. The molecule has 20 heavy (non-hydrogen) atoms. The van der Waals surface area contributed by atoms with Crippen LogP contribution in [0.5, 0.6) is 0 Å². The monoisotopic (exact) mass is 264 g/mol. The van der Waals surface area contributed by atoms with E-state index in [1.807, 2.05) is 31.2 Å². The third-order valence-corrected chi connectivity index (χ3v) is 2.83. The highest BCUT2D eigenvalue weighted by molar-refractivity contribution is 5.58. The Hall–Kier alpha value is -2.82. The van der Waals surface area contributed by atoms with Gasteiger partial charge in [0.15, 0.2) is 5.82 Å². The second-order valence-corrected chi connectivity index (χ2v) is 4.41. The average Bonchev–Trinajstić information content (AvgIpc) is 2.47. The average molecular weight is 264 g/mol. The number of aromatic amines is 1. The molecule has 0 aromatic carbocycles. The van der Waals surface area contributed by atoms with E-state index in [1.54, 1.807) is 18.5 Å². The first-order valence-electron chi connectivity index (χ1n) is 6.18. The van der Waals surface area contributed by atoms with Crippen molar-refractivity contribution < 1.29 is 0 Å². The summed E-state index contributed by atoms with van der Waals surface area (Å²) in [5, 5.41) is 0. The summed E-state index contributed by atoms with van der Waals surface area (Å²) >= 11 is 0. The molecule has 5 heteroatoms. The fourth-order valence-corrected chi connectivity index (χ4v) is 1.89. The number of rotatable bonds is 2. The van der Waals surface area contributed by atoms with E-state index in [0.717, 1.165) is 5.56 Å². The number of H-pyrrole nitrogens is 1. The molecule has 0 aliphatic carbocycles. The summed E-state index contributed by atoms with van der Waals surface area (Å²) in [4.78, 5) is 27.4. The summed E-state index contributed by atoms with van der Waals surface area (Å²) in [5.41, 5.74) is 2.68. The van der Waals surface area contributed by atoms with Crippen LogP contribution in [0.15, 0.2) is 53.6 Å². The van der Waals surface area contributed by atoms with Crippen molar-refractivity contribution in [2.75, 3.05) is 0 Å². The van der Waals surface area contributed by atoms with E-state index >= 15 is 0 Å². The molecule has 5 nitrogen and oxygen atoms in total. The number of hydrogen-bond donors (Lipinski definition) is 1. The Morgan fingerprint density at radius 2 is 1.80 bits per heavy atom. The van der Waals surface area contributed by atoms with Gasteiger partial charge in [-0.3, -0.25) is 14.8 Å². The summed E-state index contributed by atoms with van der Waals surface area (Å²) in [6.07, 6.45) is 3.36. The lowest BCUT2D eigenvalue weighted by atomic mass is 10.2. The molecule has 0 aliphatic rings. The second-order valence-electron chi connectivity index (χ2n) is 4.41. The van der Waals surface area contributed by atoms with Gasteiger partial charge in [-0.1, -0.05) is 6.07 Å². The van der Waals surface area contributed by atoms with Gasteiger partial charge in [0.2, 0.25) is 0 Å². The number of aryl methyl sites for hydroxylation is 1. The first kappa shape index (κ1) is 12.2. The van der Waals surface area contributed by atoms with Crippen LogP contribution >= 0.6 is 0 Å². The molecule has 0 fully saturated rings. The highest BCUT2D eigenvalue weighted by atomic mass is 16.1. The fourth-order valence-electron chi connectivity index (χ4n) is 1.89. The highest BCUT2D eigenvalue weighted by Crippen LogP contribution is 2.16. The van der Waals surface area contributed by atoms with Gasteiger partial charge in [-0.25, -0.2) is 4.98 Å². The lowest BCUT2D eigenvalue weighted by molar-refractivity contribution is 1.09. The Kier molecular flexibility index (Phi) is 3.09. The second kappa shape index (κ2) is 5.05. The topological polar surface area (TPSA) is 71.5 Å². The zero-order valence-electron chi connectivity index (χ0n) is 10.9. The maximum absolute atomic E-state index is 11.8. The van der Waals surface area contributed by atoms with E-state index in [1.165, 1.54) is 6.07 Å². The van der Waals surface area contributed by atoms with Crippen molar-refractivity contribution in [3.8, 4) is 22.9 Å². The van der Waals surface area contributed by atoms with Crippen LogP contribution in [0.25, 0.3) is 22.9 Å². The van der Waals surface area contributed by atoms with E-state index < -0.39 is 0 Å². The Bertz CT molecular complexity index is 796. The molecule has 0 saturated carbocycles. The third-order valence-electron chi connectivity index (χ3n) is 2.83. The summed E-state index contributed by atoms with van der Waals surface area (Å²) < 4.78 is 0. The molecule has 0 aliphatic heterocycles. The van der Waals surface area contributed by atoms with Crippen molar-refractivity contribution in [2.24, 2.45) is 0 Å². The van der Waals surface area contributed by atoms with Crippen LogP contribution < -0.4 is 5.56 Å². The minimum absolute atomic E-state index is 0.223. The highest BCUT2D eigenvalue weighted by Gasteiger charge is 2.07. The van der Waals surface area contributed by atoms with Crippen molar-refractivity contribution in [1.82, 2.24) is 19.9 Å². The molecule has 0 amide bonds. The predicted octanol–water partition coefficient (Wildman–Crippen LogP) is 2.20. The number of hydrogen-bond acceptors (Lipinski definition) is 4. The molecule has 0 unspecified atom stereocenters. The van der Waals surface area contributed by atoms with Crippen LogP contribution in [0.1, 0.15) is 5.56 Å². The summed E-state index contributed by atoms with van der Waals surface area (Å²) in [7, 11) is 0. The lowest BCUT2D eigenvalue weighted by Crippen LogP contribution is -2.09. The number of pyridine rings is 2. The Labute approximate surface area is 115 Å². The summed E-state index contributed by atoms with van der Waals surface area (Å²) in [6, 6.07) is 10.7. The lowest BCUT2D eigenvalue weighted by Gasteiger charge is -2.04. The Morgan fingerprint density at radius 3 is 2.55 bits per heavy atom. The zero-order valence-corrected chi connectivity index (χ0v) is 10.9. The molecule has 0 saturated heterocycles. The van der Waals surface area contributed by atoms with Gasteiger partial charge in [0, 0.05) is 18.5 Å². The van der Waals surface area contributed by atoms with Crippen LogP contribution in [0, 0.1) is 6.92 Å². The van der Waals surface area contributed by atoms with Gasteiger partial charge >= 0.3 is 0 Å². The van der Waals surface area contributed by atoms with Crippen molar-refractivity contribution in [1.29, 1.82) is 0 Å². The van der Waals surface area contributed by atoms with Crippen molar-refractivity contribution in [2.45, 2.75) is 6.92 Å². The number of nitrogens with zero attached hydrogens (tertiary/aromatic N) is 3. The van der Waals surface area contributed by atoms with Crippen molar-refractivity contribution in [3.05, 3.63) is 64.7 Å². The van der Waals surface area contributed by atoms with Gasteiger partial charge in [-0.05, 0) is 36.8 Å². The SMILES string of the molecule is Cc1ccnc(-c2cc(=O)[nH]c(-c3ccccn3)n2)c1. The molecule has 1 N–H and O–H groups in total. The van der Waals surface area contributed by atoms with Gasteiger partial charge in [-0.15, -0.1) is 0 Å². The molecule has 3 aromatic rings. The minimum Gasteiger partial charge on any atom is -0.305 e. The van der Waals surface area contributed by atoms with E-state index in [4.69, 9.17) is 0 Å². The molecule has 3 rings (SSSR count).